The van der Waals surface area contributed by atoms with E-state index >= 15 is 0 Å². The van der Waals surface area contributed by atoms with Gasteiger partial charge in [0.1, 0.15) is 10.8 Å². The summed E-state index contributed by atoms with van der Waals surface area (Å²) in [5, 5.41) is 6.52. The molecular formula is C24H19ClN2O2S. The standard InChI is InChI=1S/C24H19ClN2O2S/c1-16(29-21-13-9-19(25)10-14-21)23(28)26-20-11-7-17(8-12-20)22-15-30-24(27-22)18-5-3-2-4-6-18/h2-16H,1H3,(H,26,28). The Morgan fingerprint density at radius 2 is 1.67 bits per heavy atom. The molecule has 1 atom stereocenters. The van der Waals surface area contributed by atoms with Crippen LogP contribution in [0.1, 0.15) is 6.92 Å². The van der Waals surface area contributed by atoms with Gasteiger partial charge in [0.25, 0.3) is 5.91 Å². The summed E-state index contributed by atoms with van der Waals surface area (Å²) in [6.07, 6.45) is -0.641. The Hall–Kier alpha value is -3.15. The number of benzene rings is 3. The fraction of sp³-hybridized carbons (Fsp3) is 0.0833. The van der Waals surface area contributed by atoms with Crippen molar-refractivity contribution >= 4 is 34.5 Å². The Kier molecular flexibility index (Phi) is 6.12. The molecule has 0 spiro atoms. The average molecular weight is 435 g/mol. The predicted octanol–water partition coefficient (Wildman–Crippen LogP) is 6.54. The third-order valence-corrected chi connectivity index (χ3v) is 5.61. The lowest BCUT2D eigenvalue weighted by Gasteiger charge is -2.15. The third-order valence-electron chi connectivity index (χ3n) is 4.47. The highest BCUT2D eigenvalue weighted by molar-refractivity contribution is 7.13. The zero-order valence-electron chi connectivity index (χ0n) is 16.2. The lowest BCUT2D eigenvalue weighted by Crippen LogP contribution is -2.30. The first kappa shape index (κ1) is 20.1. The zero-order valence-corrected chi connectivity index (χ0v) is 17.8. The second-order valence-electron chi connectivity index (χ2n) is 6.68. The van der Waals surface area contributed by atoms with E-state index in [2.05, 4.69) is 17.4 Å². The van der Waals surface area contributed by atoms with Gasteiger partial charge in [0.2, 0.25) is 0 Å². The number of halogens is 1. The Morgan fingerprint density at radius 3 is 2.37 bits per heavy atom. The largest absolute Gasteiger partial charge is 0.481 e. The summed E-state index contributed by atoms with van der Waals surface area (Å²) >= 11 is 7.48. The van der Waals surface area contributed by atoms with Crippen LogP contribution in [-0.4, -0.2) is 17.0 Å². The summed E-state index contributed by atoms with van der Waals surface area (Å²) in [7, 11) is 0. The molecule has 1 aromatic heterocycles. The van der Waals surface area contributed by atoms with Gasteiger partial charge in [-0.25, -0.2) is 4.98 Å². The summed E-state index contributed by atoms with van der Waals surface area (Å²) in [6.45, 7) is 1.71. The summed E-state index contributed by atoms with van der Waals surface area (Å²) in [5.74, 6) is 0.368. The van der Waals surface area contributed by atoms with E-state index in [4.69, 9.17) is 21.3 Å². The molecule has 0 fully saturated rings. The predicted molar refractivity (Wildman–Crippen MR) is 123 cm³/mol. The molecule has 30 heavy (non-hydrogen) atoms. The lowest BCUT2D eigenvalue weighted by atomic mass is 10.1. The highest BCUT2D eigenvalue weighted by Gasteiger charge is 2.15. The van der Waals surface area contributed by atoms with Crippen molar-refractivity contribution in [3.05, 3.63) is 89.3 Å². The van der Waals surface area contributed by atoms with Crippen molar-refractivity contribution in [2.24, 2.45) is 0 Å². The molecule has 0 bridgehead atoms. The molecule has 0 aliphatic carbocycles. The van der Waals surface area contributed by atoms with Crippen molar-refractivity contribution in [1.82, 2.24) is 4.98 Å². The van der Waals surface area contributed by atoms with E-state index < -0.39 is 6.10 Å². The minimum atomic E-state index is -0.641. The van der Waals surface area contributed by atoms with E-state index in [1.807, 2.05) is 47.8 Å². The molecule has 3 aromatic carbocycles. The number of nitrogens with zero attached hydrogens (tertiary/aromatic N) is 1. The smallest absolute Gasteiger partial charge is 0.265 e. The number of anilines is 1. The molecule has 4 aromatic rings. The number of thiazole rings is 1. The lowest BCUT2D eigenvalue weighted by molar-refractivity contribution is -0.122. The Balaban J connectivity index is 1.39. The average Bonchev–Trinajstić information content (AvgIpc) is 3.27. The molecule has 1 heterocycles. The molecule has 1 amide bonds. The second-order valence-corrected chi connectivity index (χ2v) is 7.98. The molecule has 1 N–H and O–H groups in total. The number of carbonyl (C=O) groups is 1. The van der Waals surface area contributed by atoms with Crippen LogP contribution in [0.3, 0.4) is 0 Å². The normalized spacial score (nSPS) is 11.7. The van der Waals surface area contributed by atoms with E-state index in [9.17, 15) is 4.79 Å². The van der Waals surface area contributed by atoms with E-state index in [0.717, 1.165) is 21.8 Å². The van der Waals surface area contributed by atoms with Crippen LogP contribution in [0.4, 0.5) is 5.69 Å². The fourth-order valence-electron chi connectivity index (χ4n) is 2.86. The van der Waals surface area contributed by atoms with E-state index in [1.165, 1.54) is 0 Å². The van der Waals surface area contributed by atoms with Gasteiger partial charge >= 0.3 is 0 Å². The van der Waals surface area contributed by atoms with Crippen LogP contribution in [-0.2, 0) is 4.79 Å². The Morgan fingerprint density at radius 1 is 0.967 bits per heavy atom. The van der Waals surface area contributed by atoms with Gasteiger partial charge < -0.3 is 10.1 Å². The van der Waals surface area contributed by atoms with E-state index in [-0.39, 0.29) is 5.91 Å². The maximum Gasteiger partial charge on any atom is 0.265 e. The van der Waals surface area contributed by atoms with Gasteiger partial charge in [-0.15, -0.1) is 11.3 Å². The molecule has 0 radical (unpaired) electrons. The number of ether oxygens (including phenoxy) is 1. The molecule has 6 heteroatoms. The molecule has 0 aliphatic rings. The molecule has 1 unspecified atom stereocenters. The number of carbonyl (C=O) groups excluding carboxylic acids is 1. The summed E-state index contributed by atoms with van der Waals surface area (Å²) in [5.41, 5.74) is 3.72. The van der Waals surface area contributed by atoms with Gasteiger partial charge in [-0.3, -0.25) is 4.79 Å². The third kappa shape index (κ3) is 4.87. The summed E-state index contributed by atoms with van der Waals surface area (Å²) in [4.78, 5) is 17.2. The van der Waals surface area contributed by atoms with Crippen molar-refractivity contribution in [1.29, 1.82) is 0 Å². The van der Waals surface area contributed by atoms with Gasteiger partial charge in [0.15, 0.2) is 6.10 Å². The topological polar surface area (TPSA) is 51.2 Å². The molecule has 0 saturated carbocycles. The van der Waals surface area contributed by atoms with Gasteiger partial charge in [-0.2, -0.15) is 0 Å². The fourth-order valence-corrected chi connectivity index (χ4v) is 3.82. The maximum absolute atomic E-state index is 12.4. The SMILES string of the molecule is CC(Oc1ccc(Cl)cc1)C(=O)Nc1ccc(-c2csc(-c3ccccc3)n2)cc1. The first-order valence-corrected chi connectivity index (χ1v) is 10.7. The number of aromatic nitrogens is 1. The first-order chi connectivity index (χ1) is 14.6. The van der Waals surface area contributed by atoms with Gasteiger partial charge in [0, 0.05) is 27.2 Å². The van der Waals surface area contributed by atoms with Crippen LogP contribution >= 0.6 is 22.9 Å². The van der Waals surface area contributed by atoms with Crippen molar-refractivity contribution in [2.45, 2.75) is 13.0 Å². The first-order valence-electron chi connectivity index (χ1n) is 9.43. The van der Waals surface area contributed by atoms with Gasteiger partial charge in [0.05, 0.1) is 5.69 Å². The van der Waals surface area contributed by atoms with Crippen LogP contribution in [0.25, 0.3) is 21.8 Å². The highest BCUT2D eigenvalue weighted by Crippen LogP contribution is 2.29. The van der Waals surface area contributed by atoms with Crippen molar-refractivity contribution < 1.29 is 9.53 Å². The van der Waals surface area contributed by atoms with Crippen molar-refractivity contribution in [3.63, 3.8) is 0 Å². The summed E-state index contributed by atoms with van der Waals surface area (Å²) < 4.78 is 5.66. The maximum atomic E-state index is 12.4. The van der Waals surface area contributed by atoms with Crippen LogP contribution < -0.4 is 10.1 Å². The number of rotatable bonds is 6. The summed E-state index contributed by atoms with van der Waals surface area (Å²) in [6, 6.07) is 24.6. The zero-order chi connectivity index (χ0) is 20.9. The Bertz CT molecular complexity index is 1130. The van der Waals surface area contributed by atoms with Crippen molar-refractivity contribution in [3.8, 4) is 27.6 Å². The van der Waals surface area contributed by atoms with Gasteiger partial charge in [-0.1, -0.05) is 54.1 Å². The van der Waals surface area contributed by atoms with Gasteiger partial charge in [-0.05, 0) is 43.3 Å². The Labute approximate surface area is 184 Å². The van der Waals surface area contributed by atoms with E-state index in [0.29, 0.717) is 16.5 Å². The minimum absolute atomic E-state index is 0.224. The van der Waals surface area contributed by atoms with E-state index in [1.54, 1.807) is 42.5 Å². The minimum Gasteiger partial charge on any atom is -0.481 e. The second kappa shape index (κ2) is 9.11. The molecule has 0 saturated heterocycles. The molecular weight excluding hydrogens is 416 g/mol. The molecule has 0 aliphatic heterocycles. The monoisotopic (exact) mass is 434 g/mol. The van der Waals surface area contributed by atoms with Crippen LogP contribution in [0.15, 0.2) is 84.2 Å². The number of nitrogens with one attached hydrogen (secondary N) is 1. The van der Waals surface area contributed by atoms with Crippen molar-refractivity contribution in [2.75, 3.05) is 5.32 Å². The number of hydrogen-bond donors (Lipinski definition) is 1. The van der Waals surface area contributed by atoms with Crippen LogP contribution in [0, 0.1) is 0 Å². The number of amides is 1. The van der Waals surface area contributed by atoms with Crippen LogP contribution in [0.2, 0.25) is 5.02 Å². The number of hydrogen-bond acceptors (Lipinski definition) is 4. The van der Waals surface area contributed by atoms with Crippen LogP contribution in [0.5, 0.6) is 5.75 Å². The molecule has 150 valence electrons. The molecule has 4 nitrogen and oxygen atoms in total. The molecule has 4 rings (SSSR count). The highest BCUT2D eigenvalue weighted by atomic mass is 35.5. The quantitative estimate of drug-likeness (QED) is 0.375.